The van der Waals surface area contributed by atoms with E-state index in [9.17, 15) is 0 Å². The number of rotatable bonds is 0. The zero-order valence-corrected chi connectivity index (χ0v) is 13.2. The van der Waals surface area contributed by atoms with Crippen LogP contribution in [0.25, 0.3) is 10.2 Å². The maximum atomic E-state index is 6.09. The number of nitrogens with two attached hydrogens (primary N) is 1. The van der Waals surface area contributed by atoms with E-state index in [2.05, 4.69) is 30.7 Å². The van der Waals surface area contributed by atoms with Gasteiger partial charge < -0.3 is 10.7 Å². The van der Waals surface area contributed by atoms with E-state index < -0.39 is 0 Å². The molecule has 1 atom stereocenters. The molecule has 0 spiro atoms. The number of fused-ring (bicyclic) bond motifs is 3. The van der Waals surface area contributed by atoms with Gasteiger partial charge in [-0.1, -0.05) is 20.8 Å². The van der Waals surface area contributed by atoms with E-state index in [4.69, 9.17) is 18.0 Å². The molecule has 5 heteroatoms. The van der Waals surface area contributed by atoms with Crippen molar-refractivity contribution in [1.82, 2.24) is 9.97 Å². The number of H-pyrrole nitrogens is 1. The minimum atomic E-state index is 0.363. The van der Waals surface area contributed by atoms with Crippen LogP contribution in [0.4, 0.5) is 5.82 Å². The van der Waals surface area contributed by atoms with Gasteiger partial charge in [0.25, 0.3) is 0 Å². The van der Waals surface area contributed by atoms with Crippen LogP contribution in [0, 0.1) is 16.1 Å². The van der Waals surface area contributed by atoms with Crippen LogP contribution >= 0.6 is 23.6 Å². The van der Waals surface area contributed by atoms with Crippen molar-refractivity contribution >= 4 is 39.6 Å². The molecule has 0 radical (unpaired) electrons. The van der Waals surface area contributed by atoms with Crippen LogP contribution in [0.15, 0.2) is 0 Å². The lowest BCUT2D eigenvalue weighted by molar-refractivity contribution is 0.218. The summed E-state index contributed by atoms with van der Waals surface area (Å²) in [6, 6.07) is 0. The van der Waals surface area contributed by atoms with Crippen LogP contribution in [0.5, 0.6) is 0 Å². The SMILES string of the molecule is CC(C)(C)[C@H]1CCc2c(sc3nc(=S)[nH]c(N)c23)C1. The number of thiophene rings is 1. The molecule has 0 saturated heterocycles. The van der Waals surface area contributed by atoms with Crippen LogP contribution < -0.4 is 5.73 Å². The van der Waals surface area contributed by atoms with Gasteiger partial charge in [-0.05, 0) is 48.4 Å². The average Bonchev–Trinajstić information content (AvgIpc) is 2.64. The maximum absolute atomic E-state index is 6.09. The van der Waals surface area contributed by atoms with Crippen LogP contribution in [0.1, 0.15) is 37.6 Å². The summed E-state index contributed by atoms with van der Waals surface area (Å²) in [5.74, 6) is 1.42. The second-order valence-electron chi connectivity index (χ2n) is 6.45. The quantitative estimate of drug-likeness (QED) is 0.719. The number of hydrogen-bond donors (Lipinski definition) is 2. The number of nitrogens with zero attached hydrogens (tertiary/aromatic N) is 1. The number of anilines is 1. The molecular formula is C14H19N3S2. The van der Waals surface area contributed by atoms with Gasteiger partial charge in [0, 0.05) is 4.88 Å². The van der Waals surface area contributed by atoms with E-state index >= 15 is 0 Å². The molecule has 19 heavy (non-hydrogen) atoms. The lowest BCUT2D eigenvalue weighted by atomic mass is 9.72. The summed E-state index contributed by atoms with van der Waals surface area (Å²) in [5, 5.41) is 1.11. The largest absolute Gasteiger partial charge is 0.385 e. The van der Waals surface area contributed by atoms with Crippen LogP contribution in [0.3, 0.4) is 0 Å². The molecule has 0 saturated carbocycles. The molecule has 0 aromatic carbocycles. The summed E-state index contributed by atoms with van der Waals surface area (Å²) in [6.45, 7) is 6.99. The van der Waals surface area contributed by atoms with Crippen molar-refractivity contribution in [3.8, 4) is 0 Å². The second-order valence-corrected chi connectivity index (χ2v) is 7.92. The van der Waals surface area contributed by atoms with Crippen molar-refractivity contribution in [2.45, 2.75) is 40.0 Å². The zero-order valence-electron chi connectivity index (χ0n) is 11.5. The Morgan fingerprint density at radius 3 is 2.84 bits per heavy atom. The summed E-state index contributed by atoms with van der Waals surface area (Å²) >= 11 is 6.88. The Balaban J connectivity index is 2.13. The van der Waals surface area contributed by atoms with Gasteiger partial charge in [-0.3, -0.25) is 0 Å². The number of nitrogen functional groups attached to an aromatic ring is 1. The molecule has 3 N–H and O–H groups in total. The molecule has 0 bridgehead atoms. The molecule has 1 aliphatic rings. The van der Waals surface area contributed by atoms with Crippen molar-refractivity contribution in [3.63, 3.8) is 0 Å². The first-order valence-electron chi connectivity index (χ1n) is 6.66. The van der Waals surface area contributed by atoms with Gasteiger partial charge in [0.1, 0.15) is 10.6 Å². The summed E-state index contributed by atoms with van der Waals surface area (Å²) < 4.78 is 0.482. The topological polar surface area (TPSA) is 54.7 Å². The second kappa shape index (κ2) is 4.28. The average molecular weight is 293 g/mol. The standard InChI is InChI=1S/C14H19N3S2/c1-14(2,3)7-4-5-8-9(6-7)19-12-10(8)11(15)16-13(18)17-12/h7H,4-6H2,1-3H3,(H3,15,16,17,18)/t7-/m0/s1. The number of hydrogen-bond acceptors (Lipinski definition) is 4. The molecular weight excluding hydrogens is 274 g/mol. The zero-order chi connectivity index (χ0) is 13.8. The highest BCUT2D eigenvalue weighted by atomic mass is 32.1. The summed E-state index contributed by atoms with van der Waals surface area (Å²) in [5.41, 5.74) is 7.85. The molecule has 2 aromatic rings. The Hall–Kier alpha value is -0.940. The van der Waals surface area contributed by atoms with E-state index in [-0.39, 0.29) is 0 Å². The van der Waals surface area contributed by atoms with E-state index in [1.165, 1.54) is 16.9 Å². The summed E-state index contributed by atoms with van der Waals surface area (Å²) in [6.07, 6.45) is 3.48. The highest BCUT2D eigenvalue weighted by Crippen LogP contribution is 2.43. The fraction of sp³-hybridized carbons (Fsp3) is 0.571. The van der Waals surface area contributed by atoms with Crippen LogP contribution in [0.2, 0.25) is 0 Å². The lowest BCUT2D eigenvalue weighted by Crippen LogP contribution is -2.26. The van der Waals surface area contributed by atoms with E-state index in [0.717, 1.165) is 29.0 Å². The predicted molar refractivity (Wildman–Crippen MR) is 84.2 cm³/mol. The lowest BCUT2D eigenvalue weighted by Gasteiger charge is -2.33. The molecule has 102 valence electrons. The highest BCUT2D eigenvalue weighted by molar-refractivity contribution is 7.71. The molecule has 0 aliphatic heterocycles. The molecule has 1 aliphatic carbocycles. The van der Waals surface area contributed by atoms with Gasteiger partial charge in [0.05, 0.1) is 5.39 Å². The Bertz CT molecular complexity index is 691. The number of nitrogens with one attached hydrogen (secondary N) is 1. The third-order valence-electron chi connectivity index (χ3n) is 4.19. The normalized spacial score (nSPS) is 19.6. The van der Waals surface area contributed by atoms with Crippen molar-refractivity contribution in [3.05, 3.63) is 15.2 Å². The highest BCUT2D eigenvalue weighted by Gasteiger charge is 2.31. The Morgan fingerprint density at radius 2 is 2.16 bits per heavy atom. The van der Waals surface area contributed by atoms with Crippen LogP contribution in [-0.4, -0.2) is 9.97 Å². The van der Waals surface area contributed by atoms with Crippen molar-refractivity contribution < 1.29 is 0 Å². The molecule has 0 amide bonds. The Morgan fingerprint density at radius 1 is 1.42 bits per heavy atom. The van der Waals surface area contributed by atoms with E-state index in [1.807, 2.05) is 0 Å². The van der Waals surface area contributed by atoms with Crippen molar-refractivity contribution in [2.24, 2.45) is 11.3 Å². The van der Waals surface area contributed by atoms with Crippen molar-refractivity contribution in [2.75, 3.05) is 5.73 Å². The van der Waals surface area contributed by atoms with Crippen LogP contribution in [-0.2, 0) is 12.8 Å². The Kier molecular flexibility index (Phi) is 2.94. The smallest absolute Gasteiger partial charge is 0.199 e. The molecule has 3 nitrogen and oxygen atoms in total. The van der Waals surface area contributed by atoms with Gasteiger partial charge >= 0.3 is 0 Å². The summed E-state index contributed by atoms with van der Waals surface area (Å²) in [7, 11) is 0. The fourth-order valence-electron chi connectivity index (χ4n) is 2.97. The predicted octanol–water partition coefficient (Wildman–Crippen LogP) is 4.09. The minimum Gasteiger partial charge on any atom is -0.385 e. The third-order valence-corrected chi connectivity index (χ3v) is 5.53. The number of aryl methyl sites for hydroxylation is 1. The first kappa shape index (κ1) is 13.1. The molecule has 2 heterocycles. The van der Waals surface area contributed by atoms with Gasteiger partial charge in [-0.2, -0.15) is 0 Å². The van der Waals surface area contributed by atoms with Crippen molar-refractivity contribution in [1.29, 1.82) is 0 Å². The number of aromatic nitrogens is 2. The first-order chi connectivity index (χ1) is 8.86. The Labute approximate surface area is 122 Å². The molecule has 0 unspecified atom stereocenters. The third kappa shape index (κ3) is 2.19. The van der Waals surface area contributed by atoms with Gasteiger partial charge in [-0.25, -0.2) is 4.98 Å². The fourth-order valence-corrected chi connectivity index (χ4v) is 4.54. The summed E-state index contributed by atoms with van der Waals surface area (Å²) in [4.78, 5) is 9.86. The molecule has 2 aromatic heterocycles. The van der Waals surface area contributed by atoms with Gasteiger partial charge in [0.15, 0.2) is 4.77 Å². The molecule has 0 fully saturated rings. The van der Waals surface area contributed by atoms with E-state index in [0.29, 0.717) is 16.0 Å². The first-order valence-corrected chi connectivity index (χ1v) is 7.89. The monoisotopic (exact) mass is 293 g/mol. The van der Waals surface area contributed by atoms with Gasteiger partial charge in [0.2, 0.25) is 0 Å². The minimum absolute atomic E-state index is 0.363. The number of aromatic amines is 1. The van der Waals surface area contributed by atoms with E-state index in [1.54, 1.807) is 11.3 Å². The molecule has 3 rings (SSSR count). The maximum Gasteiger partial charge on any atom is 0.199 e. The van der Waals surface area contributed by atoms with Gasteiger partial charge in [-0.15, -0.1) is 11.3 Å².